The third-order valence-electron chi connectivity index (χ3n) is 3.15. The first-order valence-corrected chi connectivity index (χ1v) is 7.11. The van der Waals surface area contributed by atoms with Gasteiger partial charge in [0, 0.05) is 6.04 Å². The van der Waals surface area contributed by atoms with E-state index in [9.17, 15) is 4.79 Å². The molecule has 1 amide bonds. The molecule has 0 saturated heterocycles. The predicted octanol–water partition coefficient (Wildman–Crippen LogP) is 2.87. The van der Waals surface area contributed by atoms with E-state index in [2.05, 4.69) is 34.7 Å². The zero-order valence-electron chi connectivity index (χ0n) is 12.3. The van der Waals surface area contributed by atoms with Crippen LogP contribution in [0.3, 0.4) is 0 Å². The van der Waals surface area contributed by atoms with E-state index in [4.69, 9.17) is 0 Å². The minimum Gasteiger partial charge on any atom is -0.366 e. The maximum atomic E-state index is 11.9. The van der Waals surface area contributed by atoms with Gasteiger partial charge < -0.3 is 10.6 Å². The van der Waals surface area contributed by atoms with E-state index in [0.29, 0.717) is 24.1 Å². The number of benzene rings is 1. The van der Waals surface area contributed by atoms with Gasteiger partial charge in [0.05, 0.1) is 6.42 Å². The summed E-state index contributed by atoms with van der Waals surface area (Å²) in [5.74, 6) is 1.08. The SMILES string of the molecule is CCC(C)Nc1ccc(NC(=O)Cc2ccccc2)nn1. The van der Waals surface area contributed by atoms with Gasteiger partial charge in [-0.25, -0.2) is 0 Å². The summed E-state index contributed by atoms with van der Waals surface area (Å²) >= 11 is 0. The minimum absolute atomic E-state index is 0.0989. The summed E-state index contributed by atoms with van der Waals surface area (Å²) in [4.78, 5) is 11.9. The van der Waals surface area contributed by atoms with Crippen molar-refractivity contribution in [3.63, 3.8) is 0 Å². The van der Waals surface area contributed by atoms with Gasteiger partial charge in [-0.15, -0.1) is 10.2 Å². The van der Waals surface area contributed by atoms with Crippen molar-refractivity contribution in [1.82, 2.24) is 10.2 Å². The fourth-order valence-corrected chi connectivity index (χ4v) is 1.80. The molecule has 0 saturated carbocycles. The molecule has 0 spiro atoms. The molecule has 5 heteroatoms. The molecule has 1 aromatic heterocycles. The van der Waals surface area contributed by atoms with Gasteiger partial charge in [-0.2, -0.15) is 0 Å². The molecule has 1 unspecified atom stereocenters. The first-order chi connectivity index (χ1) is 10.2. The van der Waals surface area contributed by atoms with E-state index in [1.807, 2.05) is 36.4 Å². The fourth-order valence-electron chi connectivity index (χ4n) is 1.80. The van der Waals surface area contributed by atoms with Gasteiger partial charge in [0.1, 0.15) is 5.82 Å². The van der Waals surface area contributed by atoms with Crippen molar-refractivity contribution in [3.8, 4) is 0 Å². The Bertz CT molecular complexity index is 569. The molecule has 0 radical (unpaired) electrons. The molecule has 1 heterocycles. The number of nitrogens with one attached hydrogen (secondary N) is 2. The molecule has 0 bridgehead atoms. The standard InChI is InChI=1S/C16H20N4O/c1-3-12(2)17-14-9-10-15(20-19-14)18-16(21)11-13-7-5-4-6-8-13/h4-10,12H,3,11H2,1-2H3,(H,17,19)(H,18,20,21). The summed E-state index contributed by atoms with van der Waals surface area (Å²) in [6.07, 6.45) is 1.34. The van der Waals surface area contributed by atoms with Gasteiger partial charge in [-0.3, -0.25) is 4.79 Å². The Labute approximate surface area is 124 Å². The lowest BCUT2D eigenvalue weighted by molar-refractivity contribution is -0.115. The maximum absolute atomic E-state index is 11.9. The number of anilines is 2. The minimum atomic E-state index is -0.0989. The fraction of sp³-hybridized carbons (Fsp3) is 0.312. The third kappa shape index (κ3) is 4.87. The van der Waals surface area contributed by atoms with Crippen molar-refractivity contribution in [2.45, 2.75) is 32.7 Å². The monoisotopic (exact) mass is 284 g/mol. The summed E-state index contributed by atoms with van der Waals surface area (Å²) in [5, 5.41) is 14.0. The van der Waals surface area contributed by atoms with E-state index in [1.54, 1.807) is 6.07 Å². The van der Waals surface area contributed by atoms with Crippen LogP contribution in [0.15, 0.2) is 42.5 Å². The van der Waals surface area contributed by atoms with E-state index >= 15 is 0 Å². The quantitative estimate of drug-likeness (QED) is 0.856. The number of amides is 1. The summed E-state index contributed by atoms with van der Waals surface area (Å²) in [7, 11) is 0. The average molecular weight is 284 g/mol. The maximum Gasteiger partial charge on any atom is 0.229 e. The van der Waals surface area contributed by atoms with E-state index in [-0.39, 0.29) is 5.91 Å². The van der Waals surface area contributed by atoms with Crippen molar-refractivity contribution in [2.75, 3.05) is 10.6 Å². The lowest BCUT2D eigenvalue weighted by Crippen LogP contribution is -2.17. The van der Waals surface area contributed by atoms with Crippen LogP contribution >= 0.6 is 0 Å². The zero-order chi connectivity index (χ0) is 15.1. The molecule has 2 rings (SSSR count). The summed E-state index contributed by atoms with van der Waals surface area (Å²) in [6.45, 7) is 4.18. The Morgan fingerprint density at radius 3 is 2.38 bits per heavy atom. The van der Waals surface area contributed by atoms with Crippen LogP contribution in [0.5, 0.6) is 0 Å². The lowest BCUT2D eigenvalue weighted by atomic mass is 10.1. The molecule has 21 heavy (non-hydrogen) atoms. The Morgan fingerprint density at radius 2 is 1.76 bits per heavy atom. The van der Waals surface area contributed by atoms with Crippen molar-refractivity contribution in [2.24, 2.45) is 0 Å². The van der Waals surface area contributed by atoms with Crippen LogP contribution in [-0.2, 0) is 11.2 Å². The molecule has 2 aromatic rings. The molecule has 0 aliphatic rings. The largest absolute Gasteiger partial charge is 0.366 e. The lowest BCUT2D eigenvalue weighted by Gasteiger charge is -2.11. The van der Waals surface area contributed by atoms with Gasteiger partial charge >= 0.3 is 0 Å². The van der Waals surface area contributed by atoms with Crippen molar-refractivity contribution < 1.29 is 4.79 Å². The van der Waals surface area contributed by atoms with Gasteiger partial charge in [0.25, 0.3) is 0 Å². The Hall–Kier alpha value is -2.43. The van der Waals surface area contributed by atoms with Crippen LogP contribution in [0.25, 0.3) is 0 Å². The summed E-state index contributed by atoms with van der Waals surface area (Å²) in [5.41, 5.74) is 0.970. The Balaban J connectivity index is 1.89. The van der Waals surface area contributed by atoms with E-state index in [1.165, 1.54) is 0 Å². The topological polar surface area (TPSA) is 66.9 Å². The predicted molar refractivity (Wildman–Crippen MR) is 84.2 cm³/mol. The highest BCUT2D eigenvalue weighted by Gasteiger charge is 2.06. The molecule has 110 valence electrons. The second-order valence-electron chi connectivity index (χ2n) is 4.97. The molecular formula is C16H20N4O. The molecular weight excluding hydrogens is 264 g/mol. The van der Waals surface area contributed by atoms with E-state index in [0.717, 1.165) is 12.0 Å². The number of rotatable bonds is 6. The van der Waals surface area contributed by atoms with Crippen LogP contribution in [0, 0.1) is 0 Å². The highest BCUT2D eigenvalue weighted by atomic mass is 16.1. The second kappa shape index (κ2) is 7.38. The molecule has 1 atom stereocenters. The van der Waals surface area contributed by atoms with Crippen LogP contribution < -0.4 is 10.6 Å². The number of nitrogens with zero attached hydrogens (tertiary/aromatic N) is 2. The summed E-state index contributed by atoms with van der Waals surface area (Å²) < 4.78 is 0. The highest BCUT2D eigenvalue weighted by Crippen LogP contribution is 2.09. The highest BCUT2D eigenvalue weighted by molar-refractivity contribution is 5.91. The first kappa shape index (κ1) is 15.0. The molecule has 0 aliphatic heterocycles. The summed E-state index contributed by atoms with van der Waals surface area (Å²) in [6, 6.07) is 13.5. The number of carbonyl (C=O) groups is 1. The van der Waals surface area contributed by atoms with Crippen LogP contribution in [-0.4, -0.2) is 22.1 Å². The molecule has 5 nitrogen and oxygen atoms in total. The zero-order valence-corrected chi connectivity index (χ0v) is 12.3. The van der Waals surface area contributed by atoms with Crippen molar-refractivity contribution in [3.05, 3.63) is 48.0 Å². The smallest absolute Gasteiger partial charge is 0.229 e. The number of carbonyl (C=O) groups excluding carboxylic acids is 1. The number of aromatic nitrogens is 2. The molecule has 0 fully saturated rings. The van der Waals surface area contributed by atoms with Gasteiger partial charge in [-0.1, -0.05) is 37.3 Å². The van der Waals surface area contributed by atoms with Crippen molar-refractivity contribution >= 4 is 17.5 Å². The van der Waals surface area contributed by atoms with Gasteiger partial charge in [0.15, 0.2) is 5.82 Å². The van der Waals surface area contributed by atoms with Crippen LogP contribution in [0.2, 0.25) is 0 Å². The average Bonchev–Trinajstić information content (AvgIpc) is 2.50. The Morgan fingerprint density at radius 1 is 1.10 bits per heavy atom. The Kier molecular flexibility index (Phi) is 5.26. The first-order valence-electron chi connectivity index (χ1n) is 7.11. The van der Waals surface area contributed by atoms with E-state index < -0.39 is 0 Å². The molecule has 1 aromatic carbocycles. The van der Waals surface area contributed by atoms with Gasteiger partial charge in [0.2, 0.25) is 5.91 Å². The third-order valence-corrected chi connectivity index (χ3v) is 3.15. The number of hydrogen-bond donors (Lipinski definition) is 2. The van der Waals surface area contributed by atoms with Crippen LogP contribution in [0.1, 0.15) is 25.8 Å². The van der Waals surface area contributed by atoms with Crippen molar-refractivity contribution in [1.29, 1.82) is 0 Å². The molecule has 2 N–H and O–H groups in total. The molecule has 0 aliphatic carbocycles. The second-order valence-corrected chi connectivity index (χ2v) is 4.97. The number of hydrogen-bond acceptors (Lipinski definition) is 4. The normalized spacial score (nSPS) is 11.7. The van der Waals surface area contributed by atoms with Crippen LogP contribution in [0.4, 0.5) is 11.6 Å². The van der Waals surface area contributed by atoms with Gasteiger partial charge in [-0.05, 0) is 31.0 Å².